The maximum absolute atomic E-state index is 6.92. The molecule has 0 aromatic heterocycles. The first-order chi connectivity index (χ1) is 16.4. The van der Waals surface area contributed by atoms with Crippen LogP contribution >= 0.6 is 0 Å². The molecule has 0 aliphatic heterocycles. The summed E-state index contributed by atoms with van der Waals surface area (Å²) in [5.41, 5.74) is 1.08. The Bertz CT molecular complexity index is 723. The van der Waals surface area contributed by atoms with Gasteiger partial charge < -0.3 is 8.85 Å². The Morgan fingerprint density at radius 2 is 1.40 bits per heavy atom. The van der Waals surface area contributed by atoms with Crippen molar-refractivity contribution in [3.63, 3.8) is 0 Å². The largest absolute Gasteiger partial charge is 0.414 e. The zero-order valence-electron chi connectivity index (χ0n) is 25.1. The highest BCUT2D eigenvalue weighted by Crippen LogP contribution is 2.68. The van der Waals surface area contributed by atoms with Crippen molar-refractivity contribution in [3.05, 3.63) is 0 Å². The normalized spacial score (nSPS) is 42.8. The number of rotatable bonds is 9. The second-order valence-corrected chi connectivity index (χ2v) is 23.8. The van der Waals surface area contributed by atoms with Crippen molar-refractivity contribution < 1.29 is 8.85 Å². The summed E-state index contributed by atoms with van der Waals surface area (Å²) in [6.07, 6.45) is 16.4. The Hall–Kier alpha value is 0.354. The Kier molecular flexibility index (Phi) is 8.50. The second kappa shape index (κ2) is 10.5. The summed E-state index contributed by atoms with van der Waals surface area (Å²) >= 11 is 0. The van der Waals surface area contributed by atoms with E-state index in [0.29, 0.717) is 23.0 Å². The average Bonchev–Trinajstić information content (AvgIpc) is 3.10. The van der Waals surface area contributed by atoms with Crippen LogP contribution in [0.5, 0.6) is 0 Å². The van der Waals surface area contributed by atoms with Crippen LogP contribution in [0.2, 0.25) is 38.3 Å². The van der Waals surface area contributed by atoms with Gasteiger partial charge in [0.2, 0.25) is 0 Å². The van der Waals surface area contributed by atoms with Crippen LogP contribution in [0.4, 0.5) is 0 Å². The molecule has 35 heavy (non-hydrogen) atoms. The molecule has 0 N–H and O–H groups in total. The third-order valence-electron chi connectivity index (χ3n) is 12.0. The molecule has 0 heterocycles. The minimum absolute atomic E-state index is 0.449. The Morgan fingerprint density at radius 1 is 0.771 bits per heavy atom. The molecule has 2 nitrogen and oxygen atoms in total. The highest BCUT2D eigenvalue weighted by molar-refractivity contribution is 6.71. The van der Waals surface area contributed by atoms with Gasteiger partial charge in [-0.3, -0.25) is 0 Å². The van der Waals surface area contributed by atoms with Gasteiger partial charge in [-0.25, -0.2) is 0 Å². The summed E-state index contributed by atoms with van der Waals surface area (Å²) in [7, 11) is -3.02. The molecular formula is C31H60O2Si2. The standard InChI is InChI=1S/C31H60O2Si2/c1-10-20-34(6,7)32-23(3)27-14-15-28-26-13-12-24-22-25(33-35(8,9)21-11-2)16-18-30(24,4)29(26)17-19-31(27,28)5/h23-29H,10-22H2,1-9H3/t23-,24+,25+,26+,27-,28+,29+,30+,31-/m1/s1. The van der Waals surface area contributed by atoms with Crippen LogP contribution in [0.1, 0.15) is 105 Å². The van der Waals surface area contributed by atoms with Gasteiger partial charge in [-0.1, -0.05) is 40.5 Å². The summed E-state index contributed by atoms with van der Waals surface area (Å²) in [6, 6.07) is 2.62. The smallest absolute Gasteiger partial charge is 0.187 e. The van der Waals surface area contributed by atoms with Gasteiger partial charge in [0.15, 0.2) is 16.6 Å². The van der Waals surface area contributed by atoms with Crippen molar-refractivity contribution in [2.75, 3.05) is 0 Å². The number of hydrogen-bond donors (Lipinski definition) is 0. The lowest BCUT2D eigenvalue weighted by Gasteiger charge is -2.61. The van der Waals surface area contributed by atoms with Crippen molar-refractivity contribution in [2.45, 2.75) is 156 Å². The van der Waals surface area contributed by atoms with E-state index in [1.165, 1.54) is 82.7 Å². The molecule has 4 rings (SSSR count). The van der Waals surface area contributed by atoms with Crippen LogP contribution < -0.4 is 0 Å². The third kappa shape index (κ3) is 5.57. The van der Waals surface area contributed by atoms with Crippen LogP contribution in [-0.2, 0) is 8.85 Å². The van der Waals surface area contributed by atoms with E-state index in [2.05, 4.69) is 60.8 Å². The van der Waals surface area contributed by atoms with E-state index in [1.54, 1.807) is 0 Å². The topological polar surface area (TPSA) is 18.5 Å². The van der Waals surface area contributed by atoms with E-state index in [9.17, 15) is 0 Å². The molecule has 0 bridgehead atoms. The highest BCUT2D eigenvalue weighted by atomic mass is 28.4. The molecule has 0 aromatic carbocycles. The Balaban J connectivity index is 1.43. The van der Waals surface area contributed by atoms with Crippen LogP contribution in [0.3, 0.4) is 0 Å². The van der Waals surface area contributed by atoms with Crippen molar-refractivity contribution in [1.29, 1.82) is 0 Å². The lowest BCUT2D eigenvalue weighted by atomic mass is 9.44. The third-order valence-corrected chi connectivity index (χ3v) is 17.3. The maximum Gasteiger partial charge on any atom is 0.187 e. The van der Waals surface area contributed by atoms with Gasteiger partial charge in [-0.2, -0.15) is 0 Å². The van der Waals surface area contributed by atoms with Crippen LogP contribution in [0.25, 0.3) is 0 Å². The molecule has 4 aliphatic rings. The molecule has 0 spiro atoms. The molecule has 4 aliphatic carbocycles. The molecule has 4 fully saturated rings. The van der Waals surface area contributed by atoms with Gasteiger partial charge in [0.05, 0.1) is 0 Å². The fourth-order valence-electron chi connectivity index (χ4n) is 10.5. The fraction of sp³-hybridized carbons (Fsp3) is 1.00. The molecule has 4 saturated carbocycles. The lowest BCUT2D eigenvalue weighted by molar-refractivity contribution is -0.129. The van der Waals surface area contributed by atoms with E-state index in [0.717, 1.165) is 29.6 Å². The predicted octanol–water partition coefficient (Wildman–Crippen LogP) is 9.67. The first kappa shape index (κ1) is 28.4. The van der Waals surface area contributed by atoms with E-state index in [-0.39, 0.29) is 0 Å². The quantitative estimate of drug-likeness (QED) is 0.282. The van der Waals surface area contributed by atoms with E-state index in [1.807, 2.05) is 0 Å². The van der Waals surface area contributed by atoms with E-state index in [4.69, 9.17) is 8.85 Å². The first-order valence-corrected chi connectivity index (χ1v) is 21.9. The molecule has 9 atom stereocenters. The van der Waals surface area contributed by atoms with Gasteiger partial charge in [0.25, 0.3) is 0 Å². The predicted molar refractivity (Wildman–Crippen MR) is 156 cm³/mol. The number of hydrogen-bond acceptors (Lipinski definition) is 2. The monoisotopic (exact) mass is 520 g/mol. The second-order valence-electron chi connectivity index (χ2n) is 15.2. The number of fused-ring (bicyclic) bond motifs is 5. The highest BCUT2D eigenvalue weighted by Gasteiger charge is 2.61. The van der Waals surface area contributed by atoms with Crippen LogP contribution in [0, 0.1) is 40.4 Å². The summed E-state index contributed by atoms with van der Waals surface area (Å²) < 4.78 is 13.8. The van der Waals surface area contributed by atoms with Crippen molar-refractivity contribution >= 4 is 16.6 Å². The van der Waals surface area contributed by atoms with Gasteiger partial charge in [0, 0.05) is 12.2 Å². The Morgan fingerprint density at radius 3 is 2.09 bits per heavy atom. The van der Waals surface area contributed by atoms with Gasteiger partial charge in [0.1, 0.15) is 0 Å². The maximum atomic E-state index is 6.92. The summed E-state index contributed by atoms with van der Waals surface area (Å²) in [6.45, 7) is 22.3. The summed E-state index contributed by atoms with van der Waals surface area (Å²) in [5.74, 6) is 4.55. The van der Waals surface area contributed by atoms with E-state index >= 15 is 0 Å². The van der Waals surface area contributed by atoms with Gasteiger partial charge in [-0.15, -0.1) is 0 Å². The lowest BCUT2D eigenvalue weighted by Crippen LogP contribution is -2.55. The van der Waals surface area contributed by atoms with Gasteiger partial charge >= 0.3 is 0 Å². The van der Waals surface area contributed by atoms with Crippen molar-refractivity contribution in [1.82, 2.24) is 0 Å². The Labute approximate surface area is 221 Å². The molecule has 0 amide bonds. The van der Waals surface area contributed by atoms with Crippen LogP contribution in [0.15, 0.2) is 0 Å². The molecule has 0 radical (unpaired) electrons. The summed E-state index contributed by atoms with van der Waals surface area (Å²) in [4.78, 5) is 0. The minimum Gasteiger partial charge on any atom is -0.414 e. The molecule has 0 unspecified atom stereocenters. The fourth-order valence-corrected chi connectivity index (χ4v) is 15.4. The average molecular weight is 521 g/mol. The molecule has 0 aromatic rings. The zero-order chi connectivity index (χ0) is 25.6. The molecule has 0 saturated heterocycles. The minimum atomic E-state index is -1.53. The molecule has 204 valence electrons. The SMILES string of the molecule is CCC[Si](C)(C)O[C@H]1CC[C@@]2(C)[C@@H](CC[C@@H]3[C@@H]2CC[C@]2(C)[C@@H]([C@@H](C)O[Si](C)(C)CCC)CC[C@@H]32)C1. The van der Waals surface area contributed by atoms with Crippen LogP contribution in [-0.4, -0.2) is 28.8 Å². The molecule has 4 heteroatoms. The van der Waals surface area contributed by atoms with E-state index < -0.39 is 16.6 Å². The zero-order valence-corrected chi connectivity index (χ0v) is 27.1. The van der Waals surface area contributed by atoms with Crippen molar-refractivity contribution in [3.8, 4) is 0 Å². The first-order valence-electron chi connectivity index (χ1n) is 15.7. The van der Waals surface area contributed by atoms with Crippen molar-refractivity contribution in [2.24, 2.45) is 40.4 Å². The summed E-state index contributed by atoms with van der Waals surface area (Å²) in [5, 5.41) is 0. The molecular weight excluding hydrogens is 461 g/mol. The van der Waals surface area contributed by atoms with Gasteiger partial charge in [-0.05, 0) is 143 Å².